The third kappa shape index (κ3) is 4.66. The number of carbonyl (C=O) groups is 2. The third-order valence-electron chi connectivity index (χ3n) is 4.08. The summed E-state index contributed by atoms with van der Waals surface area (Å²) in [5.41, 5.74) is 0.498. The lowest BCUT2D eigenvalue weighted by molar-refractivity contribution is -0.137. The van der Waals surface area contributed by atoms with Crippen LogP contribution in [-0.2, 0) is 14.3 Å². The van der Waals surface area contributed by atoms with E-state index in [1.807, 2.05) is 0 Å². The number of phenolic OH excluding ortho intramolecular Hbond substituents is 1. The summed E-state index contributed by atoms with van der Waals surface area (Å²) >= 11 is 0. The Bertz CT molecular complexity index is 731. The minimum Gasteiger partial charge on any atom is -0.508 e. The minimum atomic E-state index is -1.36. The highest BCUT2D eigenvalue weighted by atomic mass is 16.6. The van der Waals surface area contributed by atoms with Gasteiger partial charge >= 0.3 is 12.1 Å². The van der Waals surface area contributed by atoms with E-state index in [0.717, 1.165) is 0 Å². The molecular weight excluding hydrogens is 354 g/mol. The molecule has 0 fully saturated rings. The van der Waals surface area contributed by atoms with E-state index in [2.05, 4.69) is 6.58 Å². The first kappa shape index (κ1) is 20.5. The maximum Gasteiger partial charge on any atom is 0.414 e. The normalized spacial score (nSPS) is 21.6. The van der Waals surface area contributed by atoms with Gasteiger partial charge in [0.25, 0.3) is 0 Å². The van der Waals surface area contributed by atoms with Crippen molar-refractivity contribution < 1.29 is 34.4 Å². The van der Waals surface area contributed by atoms with E-state index in [0.29, 0.717) is 5.69 Å². The summed E-state index contributed by atoms with van der Waals surface area (Å²) in [5.74, 6) is -0.658. The second-order valence-corrected chi connectivity index (χ2v) is 5.87. The van der Waals surface area contributed by atoms with Crippen LogP contribution in [0.25, 0.3) is 0 Å². The van der Waals surface area contributed by atoms with Crippen molar-refractivity contribution in [3.63, 3.8) is 0 Å². The molecule has 0 bridgehead atoms. The van der Waals surface area contributed by atoms with Crippen LogP contribution in [0.2, 0.25) is 0 Å². The molecule has 2 rings (SSSR count). The Morgan fingerprint density at radius 1 is 1.30 bits per heavy atom. The molecule has 0 radical (unpaired) electrons. The summed E-state index contributed by atoms with van der Waals surface area (Å²) in [5, 5.41) is 30.6. The van der Waals surface area contributed by atoms with Crippen molar-refractivity contribution in [2.45, 2.75) is 31.6 Å². The number of carbonyl (C=O) groups excluding carboxylic acids is 2. The van der Waals surface area contributed by atoms with Crippen LogP contribution in [0.4, 0.5) is 10.5 Å². The predicted molar refractivity (Wildman–Crippen MR) is 97.3 cm³/mol. The maximum atomic E-state index is 12.6. The second-order valence-electron chi connectivity index (χ2n) is 5.87. The van der Waals surface area contributed by atoms with Crippen molar-refractivity contribution in [3.05, 3.63) is 48.6 Å². The number of phenols is 1. The van der Waals surface area contributed by atoms with Crippen LogP contribution in [0.1, 0.15) is 25.0 Å². The summed E-state index contributed by atoms with van der Waals surface area (Å²) < 4.78 is 9.89. The molecule has 0 saturated carbocycles. The zero-order valence-corrected chi connectivity index (χ0v) is 14.9. The average Bonchev–Trinajstić information content (AvgIpc) is 2.64. The lowest BCUT2D eigenvalue weighted by Gasteiger charge is -2.41. The molecule has 1 aliphatic rings. The lowest BCUT2D eigenvalue weighted by Crippen LogP contribution is -2.53. The molecule has 3 N–H and O–H groups in total. The van der Waals surface area contributed by atoms with Crippen molar-refractivity contribution in [2.75, 3.05) is 18.1 Å². The highest BCUT2D eigenvalue weighted by Crippen LogP contribution is 2.40. The number of hydrogen-bond acceptors (Lipinski definition) is 7. The second kappa shape index (κ2) is 9.20. The highest BCUT2D eigenvalue weighted by Gasteiger charge is 2.42. The first-order valence-corrected chi connectivity index (χ1v) is 8.49. The van der Waals surface area contributed by atoms with Crippen molar-refractivity contribution in [3.8, 4) is 5.75 Å². The van der Waals surface area contributed by atoms with Gasteiger partial charge in [0.05, 0.1) is 18.3 Å². The molecule has 8 nitrogen and oxygen atoms in total. The quantitative estimate of drug-likeness (QED) is 0.393. The van der Waals surface area contributed by atoms with E-state index in [1.54, 1.807) is 6.92 Å². The zero-order valence-electron chi connectivity index (χ0n) is 14.9. The Morgan fingerprint density at radius 3 is 2.70 bits per heavy atom. The fourth-order valence-electron chi connectivity index (χ4n) is 2.90. The molecule has 1 aromatic rings. The van der Waals surface area contributed by atoms with Gasteiger partial charge < -0.3 is 24.8 Å². The first-order valence-electron chi connectivity index (χ1n) is 8.49. The fraction of sp³-hybridized carbons (Fsp3) is 0.368. The lowest BCUT2D eigenvalue weighted by atomic mass is 9.89. The standard InChI is InChI=1S/C19H23NO7/c1-3-10-27-19(25)20-14-9-8-12(21)11-13(14)17(23)18(24)15(20)6-5-7-16(22)26-4-2/h3,5,7-9,11,15,17-18,21,23-24H,1,4,6,10H2,2H3/t15-,17-,18-/m0/s1. The molecule has 0 spiro atoms. The molecule has 1 aliphatic heterocycles. The van der Waals surface area contributed by atoms with Gasteiger partial charge in [-0.3, -0.25) is 4.90 Å². The van der Waals surface area contributed by atoms with Gasteiger partial charge in [0, 0.05) is 11.6 Å². The van der Waals surface area contributed by atoms with Crippen molar-refractivity contribution in [1.29, 1.82) is 0 Å². The minimum absolute atomic E-state index is 0.0349. The summed E-state index contributed by atoms with van der Waals surface area (Å²) in [6, 6.07) is 3.21. The first-order chi connectivity index (χ1) is 12.9. The van der Waals surface area contributed by atoms with Crippen LogP contribution < -0.4 is 4.90 Å². The highest BCUT2D eigenvalue weighted by molar-refractivity contribution is 5.91. The molecule has 8 heteroatoms. The van der Waals surface area contributed by atoms with Crippen LogP contribution in [-0.4, -0.2) is 52.7 Å². The molecule has 146 valence electrons. The summed E-state index contributed by atoms with van der Waals surface area (Å²) in [7, 11) is 0. The Morgan fingerprint density at radius 2 is 2.04 bits per heavy atom. The van der Waals surface area contributed by atoms with Gasteiger partial charge in [0.1, 0.15) is 24.6 Å². The zero-order chi connectivity index (χ0) is 20.0. The molecule has 1 aromatic carbocycles. The van der Waals surface area contributed by atoms with Crippen LogP contribution >= 0.6 is 0 Å². The Labute approximate surface area is 156 Å². The molecule has 0 unspecified atom stereocenters. The van der Waals surface area contributed by atoms with Crippen molar-refractivity contribution in [2.24, 2.45) is 0 Å². The number of ether oxygens (including phenoxy) is 2. The molecule has 0 aromatic heterocycles. The predicted octanol–water partition coefficient (Wildman–Crippen LogP) is 1.81. The summed E-state index contributed by atoms with van der Waals surface area (Å²) in [4.78, 5) is 25.2. The number of fused-ring (bicyclic) bond motifs is 1. The van der Waals surface area contributed by atoms with E-state index in [9.17, 15) is 24.9 Å². The topological polar surface area (TPSA) is 117 Å². The molecule has 0 aliphatic carbocycles. The number of aromatic hydroxyl groups is 1. The van der Waals surface area contributed by atoms with Crippen LogP contribution in [0.5, 0.6) is 5.75 Å². The number of esters is 1. The van der Waals surface area contributed by atoms with E-state index in [4.69, 9.17) is 9.47 Å². The smallest absolute Gasteiger partial charge is 0.414 e. The fourth-order valence-corrected chi connectivity index (χ4v) is 2.90. The van der Waals surface area contributed by atoms with Crippen molar-refractivity contribution >= 4 is 17.7 Å². The Hall–Kier alpha value is -2.84. The number of benzene rings is 1. The van der Waals surface area contributed by atoms with E-state index < -0.39 is 30.3 Å². The van der Waals surface area contributed by atoms with Gasteiger partial charge in [0.2, 0.25) is 0 Å². The molecule has 0 saturated heterocycles. The molecule has 1 amide bonds. The van der Waals surface area contributed by atoms with Crippen LogP contribution in [0, 0.1) is 0 Å². The number of anilines is 1. The number of aliphatic hydroxyl groups excluding tert-OH is 2. The van der Waals surface area contributed by atoms with Gasteiger partial charge in [-0.25, -0.2) is 9.59 Å². The Balaban J connectivity index is 2.36. The Kier molecular flexibility index (Phi) is 6.98. The maximum absolute atomic E-state index is 12.6. The average molecular weight is 377 g/mol. The van der Waals surface area contributed by atoms with Gasteiger partial charge in [-0.15, -0.1) is 0 Å². The van der Waals surface area contributed by atoms with Gasteiger partial charge in [-0.05, 0) is 31.5 Å². The van der Waals surface area contributed by atoms with E-state index in [-0.39, 0.29) is 30.9 Å². The van der Waals surface area contributed by atoms with Gasteiger partial charge in [-0.1, -0.05) is 18.7 Å². The number of rotatable bonds is 6. The number of amides is 1. The largest absolute Gasteiger partial charge is 0.508 e. The number of nitrogens with zero attached hydrogens (tertiary/aromatic N) is 1. The number of hydrogen-bond donors (Lipinski definition) is 3. The number of aliphatic hydroxyl groups is 2. The van der Waals surface area contributed by atoms with E-state index in [1.165, 1.54) is 41.3 Å². The van der Waals surface area contributed by atoms with Crippen LogP contribution in [0.15, 0.2) is 43.0 Å². The van der Waals surface area contributed by atoms with Gasteiger partial charge in [0.15, 0.2) is 0 Å². The van der Waals surface area contributed by atoms with Crippen molar-refractivity contribution in [1.82, 2.24) is 0 Å². The monoisotopic (exact) mass is 377 g/mol. The van der Waals surface area contributed by atoms with E-state index >= 15 is 0 Å². The van der Waals surface area contributed by atoms with Gasteiger partial charge in [-0.2, -0.15) is 0 Å². The molecule has 27 heavy (non-hydrogen) atoms. The molecule has 3 atom stereocenters. The summed E-state index contributed by atoms with van der Waals surface area (Å²) in [6.07, 6.45) is 0.697. The summed E-state index contributed by atoms with van der Waals surface area (Å²) in [6.45, 7) is 5.35. The molecule has 1 heterocycles. The third-order valence-corrected chi connectivity index (χ3v) is 4.08. The van der Waals surface area contributed by atoms with Crippen LogP contribution in [0.3, 0.4) is 0 Å². The molecular formula is C19H23NO7. The SMILES string of the molecule is C=CCOC(=O)N1c2ccc(O)cc2[C@H](O)[C@@H](O)[C@@H]1CC=CC(=O)OCC.